The summed E-state index contributed by atoms with van der Waals surface area (Å²) >= 11 is 0. The number of hydrogen-bond acceptors (Lipinski definition) is 2. The molecule has 13 aromatic rings. The molecule has 12 aromatic carbocycles. The molecule has 0 amide bonds. The summed E-state index contributed by atoms with van der Waals surface area (Å²) in [6, 6.07) is 110. The molecule has 1 unspecified atom stereocenters. The number of benzene rings is 12. The minimum Gasteiger partial charge on any atom is -0.349 e. The Hall–Kier alpha value is -10.4. The summed E-state index contributed by atoms with van der Waals surface area (Å²) in [5, 5.41) is 2.51. The van der Waals surface area contributed by atoms with Gasteiger partial charge in [-0.3, -0.25) is 4.99 Å². The van der Waals surface area contributed by atoms with Crippen LogP contribution in [0.2, 0.25) is 0 Å². The van der Waals surface area contributed by atoms with Gasteiger partial charge >= 0.3 is 0 Å². The van der Waals surface area contributed by atoms with Gasteiger partial charge in [0.25, 0.3) is 0 Å². The van der Waals surface area contributed by atoms with Crippen molar-refractivity contribution in [1.82, 2.24) is 9.47 Å². The molecule has 3 nitrogen and oxygen atoms in total. The van der Waals surface area contributed by atoms with Crippen molar-refractivity contribution in [3.8, 4) is 83.6 Å². The van der Waals surface area contributed by atoms with Crippen molar-refractivity contribution in [1.29, 1.82) is 0 Å². The van der Waals surface area contributed by atoms with Crippen LogP contribution >= 0.6 is 0 Å². The second-order valence-electron chi connectivity index (χ2n) is 20.8. The molecule has 0 saturated carbocycles. The minimum atomic E-state index is -0.269. The number of rotatable bonds is 11. The first-order valence-electron chi connectivity index (χ1n) is 27.5. The average Bonchev–Trinajstić information content (AvgIpc) is 3.91. The van der Waals surface area contributed by atoms with E-state index in [0.29, 0.717) is 0 Å². The zero-order valence-electron chi connectivity index (χ0n) is 44.4. The molecule has 378 valence electrons. The predicted octanol–water partition coefficient (Wildman–Crippen LogP) is 19.9. The maximum absolute atomic E-state index is 5.57. The Morgan fingerprint density at radius 1 is 0.275 bits per heavy atom. The van der Waals surface area contributed by atoms with Crippen molar-refractivity contribution in [3.63, 3.8) is 0 Å². The van der Waals surface area contributed by atoms with E-state index in [1.54, 1.807) is 0 Å². The molecule has 0 aliphatic carbocycles. The van der Waals surface area contributed by atoms with Crippen molar-refractivity contribution in [2.75, 3.05) is 7.05 Å². The van der Waals surface area contributed by atoms with Gasteiger partial charge in [-0.25, -0.2) is 0 Å². The molecule has 80 heavy (non-hydrogen) atoms. The molecule has 0 spiro atoms. The fourth-order valence-corrected chi connectivity index (χ4v) is 11.7. The third kappa shape index (κ3) is 9.31. The second kappa shape index (κ2) is 20.9. The average molecular weight is 1020 g/mol. The van der Waals surface area contributed by atoms with E-state index in [1.807, 2.05) is 0 Å². The molecule has 0 fully saturated rings. The van der Waals surface area contributed by atoms with Gasteiger partial charge in [0, 0.05) is 29.2 Å². The van der Waals surface area contributed by atoms with Gasteiger partial charge in [0.2, 0.25) is 0 Å². The number of hydrogen-bond donors (Lipinski definition) is 0. The molecule has 14 rings (SSSR count). The number of fused-ring (bicyclic) bond motifs is 3. The zero-order valence-corrected chi connectivity index (χ0v) is 44.4. The Kier molecular flexibility index (Phi) is 12.5. The van der Waals surface area contributed by atoms with E-state index in [0.717, 1.165) is 50.5 Å². The monoisotopic (exact) mass is 1020 g/mol. The van der Waals surface area contributed by atoms with Gasteiger partial charge in [-0.15, -0.1) is 0 Å². The highest BCUT2D eigenvalue weighted by atomic mass is 15.2. The van der Waals surface area contributed by atoms with Crippen LogP contribution in [0.25, 0.3) is 111 Å². The Morgan fingerprint density at radius 3 is 1.05 bits per heavy atom. The molecule has 3 heteroatoms. The highest BCUT2D eigenvalue weighted by molar-refractivity contribution is 6.13. The lowest BCUT2D eigenvalue weighted by atomic mass is 9.94. The van der Waals surface area contributed by atoms with E-state index < -0.39 is 0 Å². The smallest absolute Gasteiger partial charge is 0.147 e. The summed E-state index contributed by atoms with van der Waals surface area (Å²) in [5.41, 5.74) is 25.5. The van der Waals surface area contributed by atoms with Crippen LogP contribution in [0.15, 0.2) is 314 Å². The number of para-hydroxylation sites is 2. The van der Waals surface area contributed by atoms with E-state index in [1.165, 1.54) is 83.0 Å². The van der Waals surface area contributed by atoms with Crippen LogP contribution < -0.4 is 0 Å². The molecule has 0 N–H and O–H groups in total. The third-order valence-electron chi connectivity index (χ3n) is 15.9. The van der Waals surface area contributed by atoms with Gasteiger partial charge in [0.15, 0.2) is 0 Å². The summed E-state index contributed by atoms with van der Waals surface area (Å²) in [6.45, 7) is 0. The van der Waals surface area contributed by atoms with Crippen molar-refractivity contribution in [3.05, 3.63) is 326 Å². The topological polar surface area (TPSA) is 20.5 Å². The second-order valence-corrected chi connectivity index (χ2v) is 20.8. The lowest BCUT2D eigenvalue weighted by molar-refractivity contribution is 0.364. The molecular weight excluding hydrogens is 967 g/mol. The van der Waals surface area contributed by atoms with Gasteiger partial charge < -0.3 is 9.47 Å². The largest absolute Gasteiger partial charge is 0.349 e. The van der Waals surface area contributed by atoms with Gasteiger partial charge in [-0.05, 0) is 149 Å². The number of aromatic nitrogens is 1. The number of nitrogens with zero attached hydrogens (tertiary/aromatic N) is 3. The lowest BCUT2D eigenvalue weighted by Crippen LogP contribution is -2.27. The minimum absolute atomic E-state index is 0.269. The van der Waals surface area contributed by atoms with Crippen molar-refractivity contribution in [2.45, 2.75) is 6.17 Å². The molecule has 1 aromatic heterocycles. The van der Waals surface area contributed by atoms with Gasteiger partial charge in [0.05, 0.1) is 16.7 Å². The number of aliphatic imine (C=N–C) groups is 1. The van der Waals surface area contributed by atoms with Crippen LogP contribution in [0.5, 0.6) is 0 Å². The van der Waals surface area contributed by atoms with E-state index in [9.17, 15) is 0 Å². The molecular formula is C77H55N3. The summed E-state index contributed by atoms with van der Waals surface area (Å²) in [4.78, 5) is 7.89. The van der Waals surface area contributed by atoms with E-state index in [2.05, 4.69) is 326 Å². The molecule has 0 saturated heterocycles. The Balaban J connectivity index is 0.788. The fourth-order valence-electron chi connectivity index (χ4n) is 11.7. The molecule has 2 heterocycles. The summed E-state index contributed by atoms with van der Waals surface area (Å²) in [7, 11) is 2.17. The van der Waals surface area contributed by atoms with Crippen LogP contribution in [0.3, 0.4) is 0 Å². The Morgan fingerprint density at radius 2 is 0.600 bits per heavy atom. The van der Waals surface area contributed by atoms with Crippen molar-refractivity contribution in [2.24, 2.45) is 4.99 Å². The van der Waals surface area contributed by atoms with Gasteiger partial charge in [-0.1, -0.05) is 255 Å². The normalized spacial score (nSPS) is 13.3. The Labute approximate surface area is 468 Å². The molecule has 1 atom stereocenters. The maximum Gasteiger partial charge on any atom is 0.147 e. The molecule has 0 bridgehead atoms. The van der Waals surface area contributed by atoms with E-state index in [-0.39, 0.29) is 6.17 Å². The first kappa shape index (κ1) is 48.1. The fraction of sp³-hybridized carbons (Fsp3) is 0.0260. The highest BCUT2D eigenvalue weighted by Crippen LogP contribution is 2.39. The van der Waals surface area contributed by atoms with Crippen molar-refractivity contribution >= 4 is 33.2 Å². The summed E-state index contributed by atoms with van der Waals surface area (Å²) in [5.74, 6) is 0. The van der Waals surface area contributed by atoms with Crippen LogP contribution in [0.1, 0.15) is 22.9 Å². The lowest BCUT2D eigenvalue weighted by Gasteiger charge is -2.34. The summed E-state index contributed by atoms with van der Waals surface area (Å²) < 4.78 is 2.38. The SMILES string of the molecule is CN1C(c2ccc(-c3cccc(-c4cccc(-c5ccccc5)c4)c3)cc2)=CC(c2ccc(-c3cccc(-c4cccc(-c5ccccc5)c4)c3)cc2)=NC1c1ccc(-c2cccc(-n3c4ccccc4c4ccccc43)c2)cc1. The first-order chi connectivity index (χ1) is 39.5. The summed E-state index contributed by atoms with van der Waals surface area (Å²) in [6.07, 6.45) is 1.99. The van der Waals surface area contributed by atoms with E-state index >= 15 is 0 Å². The predicted molar refractivity (Wildman–Crippen MR) is 337 cm³/mol. The van der Waals surface area contributed by atoms with E-state index in [4.69, 9.17) is 4.99 Å². The van der Waals surface area contributed by atoms with Crippen LogP contribution in [0, 0.1) is 0 Å². The quantitative estimate of drug-likeness (QED) is 0.126. The van der Waals surface area contributed by atoms with Gasteiger partial charge in [-0.2, -0.15) is 0 Å². The first-order valence-corrected chi connectivity index (χ1v) is 27.5. The van der Waals surface area contributed by atoms with Gasteiger partial charge in [0.1, 0.15) is 6.17 Å². The van der Waals surface area contributed by atoms with Crippen LogP contribution in [-0.4, -0.2) is 22.2 Å². The highest BCUT2D eigenvalue weighted by Gasteiger charge is 2.26. The molecule has 1 aliphatic rings. The maximum atomic E-state index is 5.57. The number of allylic oxidation sites excluding steroid dienone is 1. The standard InChI is InChI=1S/C77H55N3/c1-79-76(59-43-37-56(38-44-59)64-24-15-28-68(50-64)66-26-13-22-62(48-66)54-19-6-3-7-20-54)52-73(58-41-35-55(36-42-58)63-23-14-27-67(49-63)65-25-12-21-61(47-65)53-17-4-2-5-18-53)78-77(79)60-45-39-57(40-46-60)69-29-16-30-70(51-69)80-74-33-10-8-31-71(74)72-32-9-11-34-75(72)80/h2-52,77H,1H3. The van der Waals surface area contributed by atoms with Crippen LogP contribution in [0.4, 0.5) is 0 Å². The zero-order chi connectivity index (χ0) is 53.4. The van der Waals surface area contributed by atoms with Crippen molar-refractivity contribution < 1.29 is 0 Å². The van der Waals surface area contributed by atoms with Crippen LogP contribution in [-0.2, 0) is 0 Å². The molecule has 1 aliphatic heterocycles. The Bertz CT molecular complexity index is 4400. The third-order valence-corrected chi connectivity index (χ3v) is 15.9. The molecule has 0 radical (unpaired) electrons.